The molecular formula is C25H26F3N5O. The Kier molecular flexibility index (Phi) is 5.26. The summed E-state index contributed by atoms with van der Waals surface area (Å²) in [5.74, 6) is 0.341. The summed E-state index contributed by atoms with van der Waals surface area (Å²) in [7, 11) is 1.85. The zero-order valence-corrected chi connectivity index (χ0v) is 19.5. The first-order valence-corrected chi connectivity index (χ1v) is 11.4. The average molecular weight is 470 g/mol. The molecule has 1 fully saturated rings. The first kappa shape index (κ1) is 22.6. The van der Waals surface area contributed by atoms with Gasteiger partial charge in [-0.2, -0.15) is 18.3 Å². The number of carbonyl (C=O) groups is 1. The van der Waals surface area contributed by atoms with Crippen LogP contribution in [0.2, 0.25) is 0 Å². The standard InChI is InChI=1S/C25H26F3N5O/c1-13-8-9-17-10-19-21(16-11-29-32(4)12-16)30-15(3)31-22(19)23(13)33(17)24(34)18-6-5-7-20(14(18)2)25(26,27)28/h5-7,11-13,17,23H,8-10H2,1-4H3/t13-,17+,23-/m1/s1. The molecule has 178 valence electrons. The number of hydrogen-bond acceptors (Lipinski definition) is 4. The third-order valence-corrected chi connectivity index (χ3v) is 7.14. The van der Waals surface area contributed by atoms with E-state index in [1.807, 2.05) is 20.2 Å². The minimum atomic E-state index is -4.51. The number of rotatable bonds is 2. The highest BCUT2D eigenvalue weighted by atomic mass is 19.4. The number of aromatic nitrogens is 4. The molecule has 9 heteroatoms. The van der Waals surface area contributed by atoms with E-state index in [4.69, 9.17) is 9.97 Å². The molecule has 2 aliphatic heterocycles. The van der Waals surface area contributed by atoms with Crippen molar-refractivity contribution in [1.29, 1.82) is 0 Å². The fourth-order valence-corrected chi connectivity index (χ4v) is 5.54. The van der Waals surface area contributed by atoms with E-state index >= 15 is 0 Å². The number of benzene rings is 1. The molecule has 0 radical (unpaired) electrons. The van der Waals surface area contributed by atoms with Crippen LogP contribution in [0, 0.1) is 19.8 Å². The molecule has 0 spiro atoms. The van der Waals surface area contributed by atoms with Crippen LogP contribution in [-0.4, -0.2) is 36.6 Å². The number of amides is 1. The monoisotopic (exact) mass is 469 g/mol. The molecule has 4 heterocycles. The average Bonchev–Trinajstić information content (AvgIpc) is 3.20. The first-order valence-electron chi connectivity index (χ1n) is 11.4. The molecule has 0 unspecified atom stereocenters. The number of halogens is 3. The second-order valence-electron chi connectivity index (χ2n) is 9.43. The van der Waals surface area contributed by atoms with E-state index in [1.54, 1.807) is 15.8 Å². The lowest BCUT2D eigenvalue weighted by Gasteiger charge is -2.49. The normalized spacial score (nSPS) is 22.0. The van der Waals surface area contributed by atoms with Gasteiger partial charge in [0, 0.05) is 36.0 Å². The Morgan fingerprint density at radius 2 is 1.91 bits per heavy atom. The molecule has 5 rings (SSSR count). The van der Waals surface area contributed by atoms with Crippen molar-refractivity contribution < 1.29 is 18.0 Å². The zero-order chi connectivity index (χ0) is 24.4. The fraction of sp³-hybridized carbons (Fsp3) is 0.440. The van der Waals surface area contributed by atoms with Crippen LogP contribution in [0.4, 0.5) is 13.2 Å². The number of fused-ring (bicyclic) bond motifs is 4. The van der Waals surface area contributed by atoms with Gasteiger partial charge in [-0.3, -0.25) is 9.48 Å². The van der Waals surface area contributed by atoms with Gasteiger partial charge in [0.25, 0.3) is 5.91 Å². The van der Waals surface area contributed by atoms with Crippen molar-refractivity contribution in [2.75, 3.05) is 0 Å². The summed E-state index contributed by atoms with van der Waals surface area (Å²) < 4.78 is 42.3. The van der Waals surface area contributed by atoms with Crippen molar-refractivity contribution in [2.45, 2.75) is 58.3 Å². The maximum atomic E-state index is 13.8. The highest BCUT2D eigenvalue weighted by Crippen LogP contribution is 2.47. The summed E-state index contributed by atoms with van der Waals surface area (Å²) in [4.78, 5) is 25.1. The van der Waals surface area contributed by atoms with Gasteiger partial charge in [-0.1, -0.05) is 13.0 Å². The van der Waals surface area contributed by atoms with Crippen LogP contribution >= 0.6 is 0 Å². The largest absolute Gasteiger partial charge is 0.416 e. The molecular weight excluding hydrogens is 443 g/mol. The second-order valence-corrected chi connectivity index (χ2v) is 9.43. The SMILES string of the molecule is Cc1nc(-c2cnn(C)c2)c2c(n1)[C@H]1[C@H](C)CC[C@@H](C2)N1C(=O)c1cccc(C(F)(F)F)c1C. The van der Waals surface area contributed by atoms with Gasteiger partial charge in [-0.05, 0) is 56.7 Å². The molecule has 2 bridgehead atoms. The Morgan fingerprint density at radius 3 is 2.59 bits per heavy atom. The van der Waals surface area contributed by atoms with Crippen LogP contribution in [0.5, 0.6) is 0 Å². The maximum Gasteiger partial charge on any atom is 0.416 e. The number of carbonyl (C=O) groups excluding carboxylic acids is 1. The number of aryl methyl sites for hydroxylation is 2. The topological polar surface area (TPSA) is 63.9 Å². The molecule has 0 saturated carbocycles. The van der Waals surface area contributed by atoms with Crippen LogP contribution in [0.25, 0.3) is 11.3 Å². The predicted octanol–water partition coefficient (Wildman–Crippen LogP) is 5.05. The highest BCUT2D eigenvalue weighted by Gasteiger charge is 2.46. The van der Waals surface area contributed by atoms with E-state index < -0.39 is 11.7 Å². The van der Waals surface area contributed by atoms with E-state index in [0.29, 0.717) is 12.2 Å². The van der Waals surface area contributed by atoms with E-state index in [2.05, 4.69) is 12.0 Å². The summed E-state index contributed by atoms with van der Waals surface area (Å²) in [6.45, 7) is 5.28. The molecule has 3 atom stereocenters. The Bertz CT molecular complexity index is 1280. The van der Waals surface area contributed by atoms with Gasteiger partial charge >= 0.3 is 6.18 Å². The molecule has 6 nitrogen and oxygen atoms in total. The third-order valence-electron chi connectivity index (χ3n) is 7.14. The van der Waals surface area contributed by atoms with Gasteiger partial charge < -0.3 is 4.90 Å². The number of alkyl halides is 3. The van der Waals surface area contributed by atoms with Crippen molar-refractivity contribution in [1.82, 2.24) is 24.6 Å². The lowest BCUT2D eigenvalue weighted by Crippen LogP contribution is -2.53. The predicted molar refractivity (Wildman–Crippen MR) is 120 cm³/mol. The summed E-state index contributed by atoms with van der Waals surface area (Å²) in [6, 6.07) is 3.39. The zero-order valence-electron chi connectivity index (χ0n) is 19.5. The van der Waals surface area contributed by atoms with Crippen molar-refractivity contribution in [3.8, 4) is 11.3 Å². The summed E-state index contributed by atoms with van der Waals surface area (Å²) >= 11 is 0. The van der Waals surface area contributed by atoms with Crippen LogP contribution in [0.1, 0.15) is 64.4 Å². The Balaban J connectivity index is 1.63. The number of hydrogen-bond donors (Lipinski definition) is 0. The minimum absolute atomic E-state index is 0.0357. The van der Waals surface area contributed by atoms with Crippen molar-refractivity contribution in [3.63, 3.8) is 0 Å². The van der Waals surface area contributed by atoms with E-state index in [1.165, 1.54) is 19.1 Å². The second kappa shape index (κ2) is 7.92. The molecule has 0 aliphatic carbocycles. The Hall–Kier alpha value is -3.23. The van der Waals surface area contributed by atoms with E-state index in [0.717, 1.165) is 41.4 Å². The number of piperidine rings is 1. The van der Waals surface area contributed by atoms with Crippen molar-refractivity contribution >= 4 is 5.91 Å². The van der Waals surface area contributed by atoms with Gasteiger partial charge in [-0.15, -0.1) is 0 Å². The molecule has 3 aromatic rings. The van der Waals surface area contributed by atoms with Crippen LogP contribution < -0.4 is 0 Å². The van der Waals surface area contributed by atoms with Gasteiger partial charge in [0.1, 0.15) is 5.82 Å². The van der Waals surface area contributed by atoms with Crippen LogP contribution in [0.3, 0.4) is 0 Å². The molecule has 1 saturated heterocycles. The molecule has 2 aromatic heterocycles. The lowest BCUT2D eigenvalue weighted by molar-refractivity contribution is -0.138. The summed E-state index contributed by atoms with van der Waals surface area (Å²) in [6.07, 6.45) is 1.43. The Labute approximate surface area is 195 Å². The maximum absolute atomic E-state index is 13.8. The molecule has 2 aliphatic rings. The van der Waals surface area contributed by atoms with E-state index in [9.17, 15) is 18.0 Å². The first-order chi connectivity index (χ1) is 16.1. The van der Waals surface area contributed by atoms with Gasteiger partial charge in [0.05, 0.1) is 29.2 Å². The van der Waals surface area contributed by atoms with Gasteiger partial charge in [-0.25, -0.2) is 9.97 Å². The molecule has 1 aromatic carbocycles. The van der Waals surface area contributed by atoms with Gasteiger partial charge in [0.2, 0.25) is 0 Å². The lowest BCUT2D eigenvalue weighted by atomic mass is 9.75. The molecule has 34 heavy (non-hydrogen) atoms. The smallest absolute Gasteiger partial charge is 0.326 e. The van der Waals surface area contributed by atoms with Crippen LogP contribution in [0.15, 0.2) is 30.6 Å². The number of nitrogens with zero attached hydrogens (tertiary/aromatic N) is 5. The summed E-state index contributed by atoms with van der Waals surface area (Å²) in [5.41, 5.74) is 2.81. The van der Waals surface area contributed by atoms with Crippen molar-refractivity contribution in [3.05, 3.63) is 64.4 Å². The van der Waals surface area contributed by atoms with Gasteiger partial charge in [0.15, 0.2) is 0 Å². The summed E-state index contributed by atoms with van der Waals surface area (Å²) in [5, 5.41) is 4.28. The van der Waals surface area contributed by atoms with Crippen LogP contribution in [-0.2, 0) is 19.6 Å². The fourth-order valence-electron chi connectivity index (χ4n) is 5.54. The van der Waals surface area contributed by atoms with Crippen molar-refractivity contribution in [2.24, 2.45) is 13.0 Å². The highest BCUT2D eigenvalue weighted by molar-refractivity contribution is 5.97. The molecule has 0 N–H and O–H groups in total. The molecule has 1 amide bonds. The quantitative estimate of drug-likeness (QED) is 0.527. The van der Waals surface area contributed by atoms with E-state index in [-0.39, 0.29) is 35.0 Å². The third kappa shape index (κ3) is 3.58. The Morgan fingerprint density at radius 1 is 1.15 bits per heavy atom. The minimum Gasteiger partial charge on any atom is -0.326 e.